The van der Waals surface area contributed by atoms with Crippen molar-refractivity contribution in [1.82, 2.24) is 20.6 Å². The molecule has 0 aliphatic rings. The molecule has 0 spiro atoms. The van der Waals surface area contributed by atoms with Crippen molar-refractivity contribution in [3.8, 4) is 17.1 Å². The highest BCUT2D eigenvalue weighted by Gasteiger charge is 2.05. The lowest BCUT2D eigenvalue weighted by molar-refractivity contribution is 0.306. The predicted octanol–water partition coefficient (Wildman–Crippen LogP) is 3.24. The van der Waals surface area contributed by atoms with Gasteiger partial charge >= 0.3 is 0 Å². The molecule has 106 valence electrons. The summed E-state index contributed by atoms with van der Waals surface area (Å²) in [5.41, 5.74) is 1.55. The molecule has 0 saturated heterocycles. The van der Waals surface area contributed by atoms with Crippen molar-refractivity contribution in [2.24, 2.45) is 0 Å². The Bertz CT molecular complexity index is 731. The van der Waals surface area contributed by atoms with Crippen LogP contribution in [0.3, 0.4) is 0 Å². The van der Waals surface area contributed by atoms with Crippen molar-refractivity contribution >= 4 is 11.6 Å². The van der Waals surface area contributed by atoms with Gasteiger partial charge in [-0.05, 0) is 41.6 Å². The molecule has 0 aliphatic heterocycles. The van der Waals surface area contributed by atoms with Crippen molar-refractivity contribution < 1.29 is 9.13 Å². The maximum Gasteiger partial charge on any atom is 0.204 e. The fourth-order valence-electron chi connectivity index (χ4n) is 1.78. The average molecular weight is 305 g/mol. The summed E-state index contributed by atoms with van der Waals surface area (Å²) in [4.78, 5) is 0. The Morgan fingerprint density at radius 3 is 2.62 bits per heavy atom. The number of aromatic nitrogens is 4. The largest absolute Gasteiger partial charge is 0.489 e. The summed E-state index contributed by atoms with van der Waals surface area (Å²) in [5, 5.41) is 14.0. The lowest BCUT2D eigenvalue weighted by atomic mass is 10.2. The van der Waals surface area contributed by atoms with E-state index in [0.29, 0.717) is 16.6 Å². The summed E-state index contributed by atoms with van der Waals surface area (Å²) >= 11 is 5.94. The number of ether oxygens (including phenoxy) is 1. The van der Waals surface area contributed by atoms with Crippen LogP contribution in [-0.2, 0) is 6.61 Å². The van der Waals surface area contributed by atoms with Gasteiger partial charge in [0, 0.05) is 11.1 Å². The number of halogens is 2. The fraction of sp³-hybridized carbons (Fsp3) is 0.0714. The third-order valence-electron chi connectivity index (χ3n) is 2.87. The SMILES string of the molecule is Fc1ccc(COc2ccc(-c3nn[nH]n3)cc2)c(Cl)c1. The monoisotopic (exact) mass is 304 g/mol. The number of aromatic amines is 1. The third kappa shape index (κ3) is 3.17. The van der Waals surface area contributed by atoms with Crippen molar-refractivity contribution in [3.63, 3.8) is 0 Å². The molecule has 5 nitrogen and oxygen atoms in total. The van der Waals surface area contributed by atoms with Crippen LogP contribution in [0.15, 0.2) is 42.5 Å². The second kappa shape index (κ2) is 5.88. The van der Waals surface area contributed by atoms with Crippen LogP contribution in [-0.4, -0.2) is 20.6 Å². The molecule has 7 heteroatoms. The number of rotatable bonds is 4. The minimum atomic E-state index is -0.367. The zero-order valence-electron chi connectivity index (χ0n) is 10.8. The smallest absolute Gasteiger partial charge is 0.204 e. The fourth-order valence-corrected chi connectivity index (χ4v) is 2.01. The Morgan fingerprint density at radius 2 is 1.95 bits per heavy atom. The minimum absolute atomic E-state index is 0.265. The Kier molecular flexibility index (Phi) is 3.79. The highest BCUT2D eigenvalue weighted by molar-refractivity contribution is 6.31. The van der Waals surface area contributed by atoms with E-state index < -0.39 is 0 Å². The lowest BCUT2D eigenvalue weighted by Gasteiger charge is -2.08. The number of hydrogen-bond donors (Lipinski definition) is 1. The van der Waals surface area contributed by atoms with Crippen LogP contribution in [0.1, 0.15) is 5.56 Å². The second-order valence-electron chi connectivity index (χ2n) is 4.28. The number of nitrogens with one attached hydrogen (secondary N) is 1. The maximum atomic E-state index is 12.9. The number of hydrogen-bond acceptors (Lipinski definition) is 4. The first-order chi connectivity index (χ1) is 10.2. The molecule has 3 rings (SSSR count). The van der Waals surface area contributed by atoms with Gasteiger partial charge in [0.05, 0.1) is 5.02 Å². The average Bonchev–Trinajstić information content (AvgIpc) is 3.01. The lowest BCUT2D eigenvalue weighted by Crippen LogP contribution is -1.96. The van der Waals surface area contributed by atoms with Gasteiger partial charge in [0.15, 0.2) is 0 Å². The summed E-state index contributed by atoms with van der Waals surface area (Å²) < 4.78 is 18.6. The first-order valence-corrected chi connectivity index (χ1v) is 6.51. The Balaban J connectivity index is 1.68. The molecule has 0 radical (unpaired) electrons. The summed E-state index contributed by atoms with van der Waals surface area (Å²) in [5.74, 6) is 0.819. The highest BCUT2D eigenvalue weighted by atomic mass is 35.5. The van der Waals surface area contributed by atoms with E-state index in [1.807, 2.05) is 12.1 Å². The molecule has 1 heterocycles. The number of nitrogens with zero attached hydrogens (tertiary/aromatic N) is 3. The topological polar surface area (TPSA) is 63.7 Å². The molecule has 0 atom stereocenters. The van der Waals surface area contributed by atoms with E-state index in [-0.39, 0.29) is 12.4 Å². The summed E-state index contributed by atoms with van der Waals surface area (Å²) in [6, 6.07) is 11.5. The molecular formula is C14H10ClFN4O. The van der Waals surface area contributed by atoms with Gasteiger partial charge in [-0.1, -0.05) is 17.7 Å². The maximum absolute atomic E-state index is 12.9. The van der Waals surface area contributed by atoms with E-state index in [0.717, 1.165) is 11.1 Å². The van der Waals surface area contributed by atoms with Gasteiger partial charge in [0.2, 0.25) is 5.82 Å². The molecule has 2 aromatic carbocycles. The zero-order chi connectivity index (χ0) is 14.7. The normalized spacial score (nSPS) is 10.6. The van der Waals surface area contributed by atoms with Gasteiger partial charge in [-0.15, -0.1) is 10.2 Å². The summed E-state index contributed by atoms with van der Waals surface area (Å²) in [7, 11) is 0. The van der Waals surface area contributed by atoms with E-state index in [1.165, 1.54) is 12.1 Å². The van der Waals surface area contributed by atoms with Crippen LogP contribution in [0.2, 0.25) is 5.02 Å². The Hall–Kier alpha value is -2.47. The van der Waals surface area contributed by atoms with Crippen LogP contribution in [0.4, 0.5) is 4.39 Å². The van der Waals surface area contributed by atoms with Gasteiger partial charge in [-0.3, -0.25) is 0 Å². The molecule has 0 aliphatic carbocycles. The van der Waals surface area contributed by atoms with Gasteiger partial charge in [0.25, 0.3) is 0 Å². The van der Waals surface area contributed by atoms with Crippen molar-refractivity contribution in [2.75, 3.05) is 0 Å². The zero-order valence-corrected chi connectivity index (χ0v) is 11.5. The molecule has 21 heavy (non-hydrogen) atoms. The number of benzene rings is 2. The van der Waals surface area contributed by atoms with Crippen LogP contribution >= 0.6 is 11.6 Å². The van der Waals surface area contributed by atoms with E-state index in [2.05, 4.69) is 20.6 Å². The van der Waals surface area contributed by atoms with E-state index in [1.54, 1.807) is 18.2 Å². The van der Waals surface area contributed by atoms with Gasteiger partial charge in [-0.2, -0.15) is 5.21 Å². The summed E-state index contributed by atoms with van der Waals surface area (Å²) in [6.45, 7) is 0.265. The number of H-pyrrole nitrogens is 1. The molecular weight excluding hydrogens is 295 g/mol. The predicted molar refractivity (Wildman–Crippen MR) is 75.4 cm³/mol. The first kappa shape index (κ1) is 13.5. The standard InChI is InChI=1S/C14H10ClFN4O/c15-13-7-11(16)4-1-10(13)8-21-12-5-2-9(3-6-12)14-17-19-20-18-14/h1-7H,8H2,(H,17,18,19,20). The van der Waals surface area contributed by atoms with E-state index in [9.17, 15) is 4.39 Å². The Labute approximate surface area is 124 Å². The molecule has 0 amide bonds. The minimum Gasteiger partial charge on any atom is -0.489 e. The molecule has 0 saturated carbocycles. The van der Waals surface area contributed by atoms with Crippen LogP contribution in [0.25, 0.3) is 11.4 Å². The molecule has 0 bridgehead atoms. The van der Waals surface area contributed by atoms with Crippen LogP contribution in [0.5, 0.6) is 5.75 Å². The highest BCUT2D eigenvalue weighted by Crippen LogP contribution is 2.22. The van der Waals surface area contributed by atoms with Crippen LogP contribution < -0.4 is 4.74 Å². The molecule has 0 unspecified atom stereocenters. The quantitative estimate of drug-likeness (QED) is 0.803. The summed E-state index contributed by atoms with van der Waals surface area (Å²) in [6.07, 6.45) is 0. The molecule has 0 fully saturated rings. The van der Waals surface area contributed by atoms with E-state index >= 15 is 0 Å². The third-order valence-corrected chi connectivity index (χ3v) is 3.22. The first-order valence-electron chi connectivity index (χ1n) is 6.13. The van der Waals surface area contributed by atoms with Gasteiger partial charge in [-0.25, -0.2) is 4.39 Å². The van der Waals surface area contributed by atoms with Crippen molar-refractivity contribution in [3.05, 3.63) is 58.9 Å². The Morgan fingerprint density at radius 1 is 1.14 bits per heavy atom. The molecule has 1 aromatic heterocycles. The van der Waals surface area contributed by atoms with Gasteiger partial charge < -0.3 is 4.74 Å². The molecule has 1 N–H and O–H groups in total. The van der Waals surface area contributed by atoms with Crippen molar-refractivity contribution in [1.29, 1.82) is 0 Å². The molecule has 3 aromatic rings. The van der Waals surface area contributed by atoms with E-state index in [4.69, 9.17) is 16.3 Å². The number of tetrazole rings is 1. The van der Waals surface area contributed by atoms with Crippen molar-refractivity contribution in [2.45, 2.75) is 6.61 Å². The second-order valence-corrected chi connectivity index (χ2v) is 4.69. The van der Waals surface area contributed by atoms with Gasteiger partial charge in [0.1, 0.15) is 18.2 Å². The van der Waals surface area contributed by atoms with Crippen LogP contribution in [0, 0.1) is 5.82 Å².